The Balaban J connectivity index is 2.30. The minimum absolute atomic E-state index is 0.232. The molecule has 1 heterocycles. The Labute approximate surface area is 97.4 Å². The van der Waals surface area contributed by atoms with E-state index in [0.717, 1.165) is 5.69 Å². The maximum Gasteiger partial charge on any atom is 0.275 e. The average molecular weight is 233 g/mol. The largest absolute Gasteiger partial charge is 0.350 e. The van der Waals surface area contributed by atoms with Crippen LogP contribution in [0.5, 0.6) is 0 Å². The van der Waals surface area contributed by atoms with Crippen LogP contribution in [0.2, 0.25) is 0 Å². The van der Waals surface area contributed by atoms with Crippen molar-refractivity contribution in [2.75, 3.05) is 5.32 Å². The number of hydrogen-bond donors (Lipinski definition) is 3. The summed E-state index contributed by atoms with van der Waals surface area (Å²) >= 11 is 4.80. The fourth-order valence-electron chi connectivity index (χ4n) is 1.30. The van der Waals surface area contributed by atoms with E-state index in [0.29, 0.717) is 10.5 Å². The number of aromatic nitrogens is 2. The predicted octanol–water partition coefficient (Wildman–Crippen LogP) is 2.48. The smallest absolute Gasteiger partial charge is 0.275 e. The molecule has 0 bridgehead atoms. The fraction of sp³-hybridized carbons (Fsp3) is 0.0909. The second-order valence-corrected chi connectivity index (χ2v) is 3.88. The van der Waals surface area contributed by atoms with E-state index < -0.39 is 0 Å². The molecule has 1 aromatic carbocycles. The second-order valence-electron chi connectivity index (χ2n) is 3.48. The SMILES string of the molecule is Cc1ccc(Nc2c[nH]c(=S)[nH]c2=O)cc1. The molecule has 2 rings (SSSR count). The second kappa shape index (κ2) is 4.32. The number of rotatable bonds is 2. The maximum atomic E-state index is 11.5. The van der Waals surface area contributed by atoms with Gasteiger partial charge in [-0.05, 0) is 31.3 Å². The number of hydrogen-bond acceptors (Lipinski definition) is 3. The third kappa shape index (κ3) is 2.38. The van der Waals surface area contributed by atoms with Gasteiger partial charge in [-0.3, -0.25) is 9.78 Å². The van der Waals surface area contributed by atoms with E-state index in [2.05, 4.69) is 15.3 Å². The summed E-state index contributed by atoms with van der Waals surface area (Å²) in [6.45, 7) is 2.01. The van der Waals surface area contributed by atoms with Gasteiger partial charge in [0.15, 0.2) is 4.77 Å². The van der Waals surface area contributed by atoms with Crippen molar-refractivity contribution in [2.45, 2.75) is 6.92 Å². The van der Waals surface area contributed by atoms with Gasteiger partial charge in [-0.15, -0.1) is 0 Å². The Bertz CT molecular complexity index is 598. The molecular weight excluding hydrogens is 222 g/mol. The third-order valence-corrected chi connectivity index (χ3v) is 2.37. The van der Waals surface area contributed by atoms with Crippen LogP contribution in [0.15, 0.2) is 35.3 Å². The van der Waals surface area contributed by atoms with Crippen LogP contribution in [0.4, 0.5) is 11.4 Å². The molecule has 0 spiro atoms. The van der Waals surface area contributed by atoms with Crippen LogP contribution in [0, 0.1) is 11.7 Å². The molecule has 0 aliphatic rings. The number of anilines is 2. The van der Waals surface area contributed by atoms with E-state index in [4.69, 9.17) is 12.2 Å². The molecule has 0 saturated heterocycles. The summed E-state index contributed by atoms with van der Waals surface area (Å²) in [7, 11) is 0. The van der Waals surface area contributed by atoms with E-state index in [1.165, 1.54) is 5.56 Å². The Morgan fingerprint density at radius 1 is 1.25 bits per heavy atom. The maximum absolute atomic E-state index is 11.5. The van der Waals surface area contributed by atoms with Crippen molar-refractivity contribution in [3.05, 3.63) is 51.2 Å². The van der Waals surface area contributed by atoms with Crippen LogP contribution >= 0.6 is 12.2 Å². The van der Waals surface area contributed by atoms with E-state index in [1.807, 2.05) is 31.2 Å². The standard InChI is InChI=1S/C11H11N3OS/c1-7-2-4-8(5-3-7)13-9-6-12-11(16)14-10(9)15/h2-6,13H,1H3,(H2,12,14,15,16). The molecule has 82 valence electrons. The number of nitrogens with one attached hydrogen (secondary N) is 3. The molecule has 16 heavy (non-hydrogen) atoms. The highest BCUT2D eigenvalue weighted by atomic mass is 32.1. The lowest BCUT2D eigenvalue weighted by atomic mass is 10.2. The Kier molecular flexibility index (Phi) is 2.87. The normalized spacial score (nSPS) is 10.1. The van der Waals surface area contributed by atoms with Gasteiger partial charge in [-0.1, -0.05) is 17.7 Å². The van der Waals surface area contributed by atoms with Crippen LogP contribution in [0.3, 0.4) is 0 Å². The zero-order chi connectivity index (χ0) is 11.5. The van der Waals surface area contributed by atoms with Crippen LogP contribution < -0.4 is 10.9 Å². The van der Waals surface area contributed by atoms with E-state index in [-0.39, 0.29) is 5.56 Å². The fourth-order valence-corrected chi connectivity index (χ4v) is 1.45. The first-order valence-corrected chi connectivity index (χ1v) is 5.22. The zero-order valence-electron chi connectivity index (χ0n) is 8.70. The summed E-state index contributed by atoms with van der Waals surface area (Å²) in [6, 6.07) is 7.77. The van der Waals surface area contributed by atoms with E-state index in [1.54, 1.807) is 6.20 Å². The van der Waals surface area contributed by atoms with Crippen LogP contribution in [-0.4, -0.2) is 9.97 Å². The van der Waals surface area contributed by atoms with Gasteiger partial charge in [0, 0.05) is 11.9 Å². The van der Waals surface area contributed by atoms with Crippen molar-refractivity contribution in [1.29, 1.82) is 0 Å². The zero-order valence-corrected chi connectivity index (χ0v) is 9.52. The molecule has 0 unspecified atom stereocenters. The third-order valence-electron chi connectivity index (χ3n) is 2.15. The molecule has 2 aromatic rings. The molecule has 1 aromatic heterocycles. The van der Waals surface area contributed by atoms with Crippen molar-refractivity contribution in [3.8, 4) is 0 Å². The van der Waals surface area contributed by atoms with Gasteiger partial charge in [0.1, 0.15) is 5.69 Å². The van der Waals surface area contributed by atoms with E-state index >= 15 is 0 Å². The van der Waals surface area contributed by atoms with Gasteiger partial charge in [-0.2, -0.15) is 0 Å². The molecule has 0 saturated carbocycles. The topological polar surface area (TPSA) is 60.7 Å². The van der Waals surface area contributed by atoms with Crippen LogP contribution in [0.1, 0.15) is 5.56 Å². The van der Waals surface area contributed by atoms with Crippen molar-refractivity contribution in [3.63, 3.8) is 0 Å². The van der Waals surface area contributed by atoms with Gasteiger partial charge in [0.05, 0.1) is 0 Å². The molecule has 0 radical (unpaired) electrons. The van der Waals surface area contributed by atoms with Crippen LogP contribution in [0.25, 0.3) is 0 Å². The lowest BCUT2D eigenvalue weighted by Gasteiger charge is -2.04. The van der Waals surface area contributed by atoms with Gasteiger partial charge in [0.25, 0.3) is 5.56 Å². The lowest BCUT2D eigenvalue weighted by molar-refractivity contribution is 1.09. The minimum Gasteiger partial charge on any atom is -0.350 e. The molecule has 5 heteroatoms. The molecule has 0 amide bonds. The highest BCUT2D eigenvalue weighted by Gasteiger charge is 1.98. The summed E-state index contributed by atoms with van der Waals surface area (Å²) < 4.78 is 0.319. The summed E-state index contributed by atoms with van der Waals surface area (Å²) in [5.74, 6) is 0. The molecule has 0 aliphatic heterocycles. The number of benzene rings is 1. The quantitative estimate of drug-likeness (QED) is 0.698. The molecule has 0 fully saturated rings. The molecular formula is C11H11N3OS. The lowest BCUT2D eigenvalue weighted by Crippen LogP contribution is -2.12. The van der Waals surface area contributed by atoms with E-state index in [9.17, 15) is 4.79 Å². The average Bonchev–Trinajstić information content (AvgIpc) is 2.25. The highest BCUT2D eigenvalue weighted by molar-refractivity contribution is 7.71. The first-order valence-electron chi connectivity index (χ1n) is 4.81. The van der Waals surface area contributed by atoms with Crippen molar-refractivity contribution in [1.82, 2.24) is 9.97 Å². The van der Waals surface area contributed by atoms with Crippen molar-refractivity contribution in [2.24, 2.45) is 0 Å². The molecule has 0 aliphatic carbocycles. The van der Waals surface area contributed by atoms with Gasteiger partial charge < -0.3 is 10.3 Å². The van der Waals surface area contributed by atoms with Gasteiger partial charge in [0.2, 0.25) is 0 Å². The highest BCUT2D eigenvalue weighted by Crippen LogP contribution is 2.12. The van der Waals surface area contributed by atoms with Gasteiger partial charge in [-0.25, -0.2) is 0 Å². The van der Waals surface area contributed by atoms with Gasteiger partial charge >= 0.3 is 0 Å². The number of aryl methyl sites for hydroxylation is 1. The Morgan fingerprint density at radius 3 is 2.56 bits per heavy atom. The van der Waals surface area contributed by atoms with Crippen LogP contribution in [-0.2, 0) is 0 Å². The van der Waals surface area contributed by atoms with Crippen molar-refractivity contribution >= 4 is 23.6 Å². The molecule has 0 atom stereocenters. The Hall–Kier alpha value is -1.88. The monoisotopic (exact) mass is 233 g/mol. The molecule has 3 N–H and O–H groups in total. The summed E-state index contributed by atoms with van der Waals surface area (Å²) in [4.78, 5) is 16.8. The molecule has 4 nitrogen and oxygen atoms in total. The summed E-state index contributed by atoms with van der Waals surface area (Å²) in [5, 5.41) is 3.01. The minimum atomic E-state index is -0.232. The number of H-pyrrole nitrogens is 2. The van der Waals surface area contributed by atoms with Crippen molar-refractivity contribution < 1.29 is 0 Å². The first kappa shape index (κ1) is 10.6. The first-order chi connectivity index (χ1) is 7.65. The predicted molar refractivity (Wildman–Crippen MR) is 66.7 cm³/mol. The number of aromatic amines is 2. The summed E-state index contributed by atoms with van der Waals surface area (Å²) in [5.41, 5.74) is 2.25. The summed E-state index contributed by atoms with van der Waals surface area (Å²) in [6.07, 6.45) is 1.56. The Morgan fingerprint density at radius 2 is 1.94 bits per heavy atom.